The SMILES string of the molecule is CC(C)CC(CN)NC(=O)c1cnc(-c2ccco2)s1. The molecule has 20 heavy (non-hydrogen) atoms. The third-order valence-corrected chi connectivity index (χ3v) is 3.85. The largest absolute Gasteiger partial charge is 0.462 e. The molecule has 1 atom stereocenters. The topological polar surface area (TPSA) is 81.1 Å². The highest BCUT2D eigenvalue weighted by atomic mass is 32.1. The van der Waals surface area contributed by atoms with Crippen molar-refractivity contribution in [2.45, 2.75) is 26.3 Å². The second-order valence-electron chi connectivity index (χ2n) is 5.04. The summed E-state index contributed by atoms with van der Waals surface area (Å²) in [5, 5.41) is 3.65. The molecule has 6 heteroatoms. The van der Waals surface area contributed by atoms with Crippen molar-refractivity contribution in [3.63, 3.8) is 0 Å². The summed E-state index contributed by atoms with van der Waals surface area (Å²) in [6.07, 6.45) is 4.02. The number of furan rings is 1. The average Bonchev–Trinajstić information content (AvgIpc) is 3.07. The van der Waals surface area contributed by atoms with Gasteiger partial charge >= 0.3 is 0 Å². The zero-order valence-electron chi connectivity index (χ0n) is 11.6. The molecule has 0 aliphatic rings. The highest BCUT2D eigenvalue weighted by Gasteiger charge is 2.17. The van der Waals surface area contributed by atoms with Crippen LogP contribution in [0.3, 0.4) is 0 Å². The monoisotopic (exact) mass is 293 g/mol. The van der Waals surface area contributed by atoms with Gasteiger partial charge in [-0.15, -0.1) is 11.3 Å². The number of rotatable bonds is 6. The molecule has 2 aromatic rings. The van der Waals surface area contributed by atoms with Crippen LogP contribution < -0.4 is 11.1 Å². The normalized spacial score (nSPS) is 12.6. The molecule has 3 N–H and O–H groups in total. The van der Waals surface area contributed by atoms with Crippen LogP contribution in [0.15, 0.2) is 29.0 Å². The molecular formula is C14H19N3O2S. The number of nitrogens with one attached hydrogen (secondary N) is 1. The van der Waals surface area contributed by atoms with Gasteiger partial charge in [0.25, 0.3) is 5.91 Å². The molecule has 0 fully saturated rings. The quantitative estimate of drug-likeness (QED) is 0.857. The maximum Gasteiger partial charge on any atom is 0.263 e. The predicted octanol–water partition coefficient (Wildman–Crippen LogP) is 2.51. The lowest BCUT2D eigenvalue weighted by Gasteiger charge is -2.18. The predicted molar refractivity (Wildman–Crippen MR) is 79.6 cm³/mol. The van der Waals surface area contributed by atoms with Crippen molar-refractivity contribution < 1.29 is 9.21 Å². The Morgan fingerprint density at radius 1 is 1.55 bits per heavy atom. The molecule has 0 radical (unpaired) electrons. The molecule has 0 spiro atoms. The fourth-order valence-electron chi connectivity index (χ4n) is 1.93. The number of aromatic nitrogens is 1. The summed E-state index contributed by atoms with van der Waals surface area (Å²) in [7, 11) is 0. The van der Waals surface area contributed by atoms with Gasteiger partial charge in [0.1, 0.15) is 4.88 Å². The lowest BCUT2D eigenvalue weighted by atomic mass is 10.0. The van der Waals surface area contributed by atoms with Crippen LogP contribution in [-0.4, -0.2) is 23.5 Å². The second-order valence-corrected chi connectivity index (χ2v) is 6.07. The number of thiazole rings is 1. The lowest BCUT2D eigenvalue weighted by Crippen LogP contribution is -2.40. The summed E-state index contributed by atoms with van der Waals surface area (Å²) < 4.78 is 5.26. The van der Waals surface area contributed by atoms with Crippen LogP contribution in [0, 0.1) is 5.92 Å². The molecule has 0 bridgehead atoms. The Hall–Kier alpha value is -1.66. The third-order valence-electron chi connectivity index (χ3n) is 2.84. The Morgan fingerprint density at radius 3 is 2.95 bits per heavy atom. The van der Waals surface area contributed by atoms with E-state index in [-0.39, 0.29) is 11.9 Å². The van der Waals surface area contributed by atoms with E-state index in [1.165, 1.54) is 11.3 Å². The van der Waals surface area contributed by atoms with Gasteiger partial charge in [0.05, 0.1) is 12.5 Å². The van der Waals surface area contributed by atoms with E-state index >= 15 is 0 Å². The zero-order chi connectivity index (χ0) is 14.5. The van der Waals surface area contributed by atoms with Gasteiger partial charge in [-0.1, -0.05) is 13.8 Å². The second kappa shape index (κ2) is 6.67. The molecule has 2 heterocycles. The van der Waals surface area contributed by atoms with Gasteiger partial charge in [-0.25, -0.2) is 4.98 Å². The Kier molecular flexibility index (Phi) is 4.92. The first-order chi connectivity index (χ1) is 9.60. The van der Waals surface area contributed by atoms with Crippen molar-refractivity contribution in [2.75, 3.05) is 6.54 Å². The highest BCUT2D eigenvalue weighted by molar-refractivity contribution is 7.16. The smallest absolute Gasteiger partial charge is 0.263 e. The van der Waals surface area contributed by atoms with Crippen LogP contribution in [0.5, 0.6) is 0 Å². The number of carbonyl (C=O) groups is 1. The Balaban J connectivity index is 2.02. The molecule has 0 saturated heterocycles. The number of amides is 1. The third kappa shape index (κ3) is 3.68. The van der Waals surface area contributed by atoms with E-state index in [2.05, 4.69) is 24.1 Å². The fourth-order valence-corrected chi connectivity index (χ4v) is 2.72. The average molecular weight is 293 g/mol. The van der Waals surface area contributed by atoms with E-state index in [1.807, 2.05) is 6.07 Å². The molecule has 1 amide bonds. The first-order valence-corrected chi connectivity index (χ1v) is 7.42. The summed E-state index contributed by atoms with van der Waals surface area (Å²) in [5.74, 6) is 1.03. The summed E-state index contributed by atoms with van der Waals surface area (Å²) in [6.45, 7) is 4.65. The molecule has 0 aromatic carbocycles. The molecule has 1 unspecified atom stereocenters. The zero-order valence-corrected chi connectivity index (χ0v) is 12.4. The molecule has 0 aliphatic heterocycles. The van der Waals surface area contributed by atoms with Crippen molar-refractivity contribution in [1.82, 2.24) is 10.3 Å². The van der Waals surface area contributed by atoms with Gasteiger partial charge in [-0.2, -0.15) is 0 Å². The van der Waals surface area contributed by atoms with Gasteiger partial charge in [-0.3, -0.25) is 4.79 Å². The van der Waals surface area contributed by atoms with Gasteiger partial charge in [0.2, 0.25) is 0 Å². The van der Waals surface area contributed by atoms with Crippen LogP contribution in [0.25, 0.3) is 10.8 Å². The maximum absolute atomic E-state index is 12.2. The molecule has 2 rings (SSSR count). The van der Waals surface area contributed by atoms with E-state index in [9.17, 15) is 4.79 Å². The highest BCUT2D eigenvalue weighted by Crippen LogP contribution is 2.25. The lowest BCUT2D eigenvalue weighted by molar-refractivity contribution is 0.0937. The number of hydrogen-bond acceptors (Lipinski definition) is 5. The van der Waals surface area contributed by atoms with Crippen molar-refractivity contribution in [1.29, 1.82) is 0 Å². The number of carbonyl (C=O) groups excluding carboxylic acids is 1. The number of nitrogens with two attached hydrogens (primary N) is 1. The van der Waals surface area contributed by atoms with Crippen LogP contribution >= 0.6 is 11.3 Å². The first-order valence-electron chi connectivity index (χ1n) is 6.60. The Bertz CT molecular complexity index is 549. The minimum Gasteiger partial charge on any atom is -0.462 e. The van der Waals surface area contributed by atoms with Crippen LogP contribution in [-0.2, 0) is 0 Å². The molecule has 2 aromatic heterocycles. The van der Waals surface area contributed by atoms with Crippen molar-refractivity contribution in [3.8, 4) is 10.8 Å². The summed E-state index contributed by atoms with van der Waals surface area (Å²) in [6, 6.07) is 3.61. The summed E-state index contributed by atoms with van der Waals surface area (Å²) >= 11 is 1.31. The molecule has 108 valence electrons. The van der Waals surface area contributed by atoms with E-state index in [0.29, 0.717) is 28.1 Å². The Morgan fingerprint density at radius 2 is 2.35 bits per heavy atom. The fraction of sp³-hybridized carbons (Fsp3) is 0.429. The van der Waals surface area contributed by atoms with Crippen molar-refractivity contribution in [2.24, 2.45) is 11.7 Å². The van der Waals surface area contributed by atoms with Crippen molar-refractivity contribution in [3.05, 3.63) is 29.5 Å². The first kappa shape index (κ1) is 14.7. The van der Waals surface area contributed by atoms with Gasteiger partial charge in [-0.05, 0) is 24.5 Å². The molecule has 5 nitrogen and oxygen atoms in total. The molecule has 0 aliphatic carbocycles. The summed E-state index contributed by atoms with van der Waals surface area (Å²) in [4.78, 5) is 16.9. The Labute approximate surface area is 122 Å². The summed E-state index contributed by atoms with van der Waals surface area (Å²) in [5.41, 5.74) is 5.69. The van der Waals surface area contributed by atoms with Crippen molar-refractivity contribution >= 4 is 17.2 Å². The maximum atomic E-state index is 12.2. The van der Waals surface area contributed by atoms with E-state index in [4.69, 9.17) is 10.2 Å². The molecular weight excluding hydrogens is 274 g/mol. The minimum absolute atomic E-state index is 0.00309. The van der Waals surface area contributed by atoms with Gasteiger partial charge in [0.15, 0.2) is 10.8 Å². The van der Waals surface area contributed by atoms with Crippen LogP contribution in [0.4, 0.5) is 0 Å². The van der Waals surface area contributed by atoms with Gasteiger partial charge < -0.3 is 15.5 Å². The minimum atomic E-state index is -0.128. The van der Waals surface area contributed by atoms with E-state index in [1.54, 1.807) is 18.5 Å². The van der Waals surface area contributed by atoms with Crippen LogP contribution in [0.1, 0.15) is 29.9 Å². The number of hydrogen-bond donors (Lipinski definition) is 2. The number of nitrogens with zero attached hydrogens (tertiary/aromatic N) is 1. The standard InChI is InChI=1S/C14H19N3O2S/c1-9(2)6-10(7-15)17-13(18)12-8-16-14(20-12)11-4-3-5-19-11/h3-5,8-10H,6-7,15H2,1-2H3,(H,17,18). The van der Waals surface area contributed by atoms with E-state index in [0.717, 1.165) is 6.42 Å². The van der Waals surface area contributed by atoms with Gasteiger partial charge in [0, 0.05) is 12.6 Å². The van der Waals surface area contributed by atoms with E-state index < -0.39 is 0 Å². The molecule has 0 saturated carbocycles. The van der Waals surface area contributed by atoms with Crippen LogP contribution in [0.2, 0.25) is 0 Å².